The number of ether oxygens (including phenoxy) is 1. The second-order valence-corrected chi connectivity index (χ2v) is 8.65. The van der Waals surface area contributed by atoms with Gasteiger partial charge in [-0.15, -0.1) is 0 Å². The standard InChI is InChI=1S/C25H29F3N6O4/c1-7-38-19-10-15(12-31-21(19)35)20(30-6)32-13(2)14(3)33-23(37)34-16-8-9-17(24(4,5)22(29)36)18(11-16)25(26,27)28/h8-12H,6-7H2,1-5H3,(H2,29,36)(H,31,35)(H2,33,34,37)/b14-13+,32-20-. The van der Waals surface area contributed by atoms with Crippen LogP contribution in [0.2, 0.25) is 0 Å². The van der Waals surface area contributed by atoms with Crippen LogP contribution in [0.1, 0.15) is 51.3 Å². The maximum Gasteiger partial charge on any atom is 0.416 e. The molecule has 2 rings (SSSR count). The molecule has 1 aromatic carbocycles. The second kappa shape index (κ2) is 11.8. The van der Waals surface area contributed by atoms with Crippen molar-refractivity contribution in [1.29, 1.82) is 0 Å². The summed E-state index contributed by atoms with van der Waals surface area (Å²) in [5.74, 6) is -0.730. The average Bonchev–Trinajstić information content (AvgIpc) is 2.83. The van der Waals surface area contributed by atoms with Gasteiger partial charge in [0.25, 0.3) is 5.56 Å². The zero-order chi connectivity index (χ0) is 28.8. The molecule has 0 bridgehead atoms. The number of nitrogens with two attached hydrogens (primary N) is 1. The van der Waals surface area contributed by atoms with Crippen LogP contribution in [0.3, 0.4) is 0 Å². The number of aromatic nitrogens is 1. The first-order valence-corrected chi connectivity index (χ1v) is 11.3. The zero-order valence-corrected chi connectivity index (χ0v) is 21.5. The number of nitrogens with one attached hydrogen (secondary N) is 3. The molecule has 0 unspecified atom stereocenters. The number of carbonyl (C=O) groups excluding carboxylic acids is 2. The molecule has 13 heteroatoms. The SMILES string of the molecule is C=N/C(=N\C(C)=C(/C)NC(=O)Nc1ccc(C(C)(C)C(N)=O)c(C(F)(F)F)c1)c1c[nH]c(=O)c(OCC)c1. The molecule has 1 heterocycles. The molecule has 0 aliphatic carbocycles. The average molecular weight is 535 g/mol. The lowest BCUT2D eigenvalue weighted by Crippen LogP contribution is -2.37. The van der Waals surface area contributed by atoms with Gasteiger partial charge in [-0.3, -0.25) is 9.59 Å². The number of primary amides is 1. The molecule has 3 amide bonds. The van der Waals surface area contributed by atoms with E-state index in [0.29, 0.717) is 11.3 Å². The smallest absolute Gasteiger partial charge is 0.416 e. The summed E-state index contributed by atoms with van der Waals surface area (Å²) in [4.78, 5) is 46.7. The van der Waals surface area contributed by atoms with E-state index in [2.05, 4.69) is 32.3 Å². The summed E-state index contributed by atoms with van der Waals surface area (Å²) in [6, 6.07) is 3.69. The molecule has 2 aromatic rings. The van der Waals surface area contributed by atoms with Crippen molar-refractivity contribution in [1.82, 2.24) is 10.3 Å². The fourth-order valence-corrected chi connectivity index (χ4v) is 3.25. The number of carbonyl (C=O) groups is 2. The number of rotatable bonds is 8. The normalized spacial score (nSPS) is 12.9. The van der Waals surface area contributed by atoms with Gasteiger partial charge in [0.05, 0.1) is 23.3 Å². The number of aliphatic imine (C=N–C) groups is 2. The fraction of sp³-hybridized carbons (Fsp3) is 0.320. The molecule has 38 heavy (non-hydrogen) atoms. The molecule has 204 valence electrons. The summed E-state index contributed by atoms with van der Waals surface area (Å²) in [5, 5.41) is 4.83. The maximum absolute atomic E-state index is 13.7. The van der Waals surface area contributed by atoms with Gasteiger partial charge < -0.3 is 26.1 Å². The minimum absolute atomic E-state index is 0.0701. The number of aromatic amines is 1. The molecule has 0 saturated carbocycles. The molecule has 10 nitrogen and oxygen atoms in total. The number of hydrogen-bond acceptors (Lipinski definition) is 5. The minimum atomic E-state index is -4.80. The van der Waals surface area contributed by atoms with Crippen LogP contribution in [0.25, 0.3) is 0 Å². The summed E-state index contributed by atoms with van der Waals surface area (Å²) in [6.45, 7) is 11.1. The van der Waals surface area contributed by atoms with Gasteiger partial charge >= 0.3 is 12.2 Å². The number of urea groups is 1. The van der Waals surface area contributed by atoms with E-state index >= 15 is 0 Å². The first-order chi connectivity index (χ1) is 17.6. The van der Waals surface area contributed by atoms with Crippen LogP contribution in [0.5, 0.6) is 5.75 Å². The van der Waals surface area contributed by atoms with Crippen LogP contribution < -0.4 is 26.7 Å². The number of amidine groups is 1. The molecular weight excluding hydrogens is 505 g/mol. The van der Waals surface area contributed by atoms with E-state index in [1.807, 2.05) is 0 Å². The van der Waals surface area contributed by atoms with Gasteiger partial charge in [0.15, 0.2) is 11.6 Å². The zero-order valence-electron chi connectivity index (χ0n) is 21.5. The van der Waals surface area contributed by atoms with Crippen molar-refractivity contribution in [3.8, 4) is 5.75 Å². The summed E-state index contributed by atoms with van der Waals surface area (Å²) < 4.78 is 46.4. The molecule has 0 atom stereocenters. The second-order valence-electron chi connectivity index (χ2n) is 8.65. The Hall–Kier alpha value is -4.42. The Bertz CT molecular complexity index is 1360. The van der Waals surface area contributed by atoms with Gasteiger partial charge in [-0.05, 0) is 65.1 Å². The van der Waals surface area contributed by atoms with E-state index in [-0.39, 0.29) is 35.1 Å². The topological polar surface area (TPSA) is 151 Å². The molecular formula is C25H29F3N6O4. The minimum Gasteiger partial charge on any atom is -0.488 e. The third-order valence-electron chi connectivity index (χ3n) is 5.57. The Morgan fingerprint density at radius 3 is 2.37 bits per heavy atom. The maximum atomic E-state index is 13.7. The first kappa shape index (κ1) is 29.8. The van der Waals surface area contributed by atoms with E-state index in [4.69, 9.17) is 10.5 Å². The van der Waals surface area contributed by atoms with Gasteiger partial charge in [0.2, 0.25) is 5.91 Å². The van der Waals surface area contributed by atoms with Gasteiger partial charge in [-0.1, -0.05) is 6.07 Å². The third kappa shape index (κ3) is 7.08. The summed E-state index contributed by atoms with van der Waals surface area (Å²) in [6.07, 6.45) is -3.42. The van der Waals surface area contributed by atoms with Crippen LogP contribution >= 0.6 is 0 Å². The number of alkyl halides is 3. The van der Waals surface area contributed by atoms with Crippen molar-refractivity contribution in [2.75, 3.05) is 11.9 Å². The highest BCUT2D eigenvalue weighted by molar-refractivity contribution is 6.02. The quantitative estimate of drug-likeness (QED) is 0.298. The predicted molar refractivity (Wildman–Crippen MR) is 139 cm³/mol. The number of pyridine rings is 1. The lowest BCUT2D eigenvalue weighted by atomic mass is 9.80. The summed E-state index contributed by atoms with van der Waals surface area (Å²) in [7, 11) is 0. The molecule has 0 aliphatic heterocycles. The Labute approximate surface area is 216 Å². The highest BCUT2D eigenvalue weighted by Crippen LogP contribution is 2.39. The van der Waals surface area contributed by atoms with Crippen LogP contribution in [0, 0.1) is 0 Å². The van der Waals surface area contributed by atoms with Gasteiger partial charge in [-0.2, -0.15) is 13.2 Å². The molecule has 0 saturated heterocycles. The van der Waals surface area contributed by atoms with E-state index in [1.54, 1.807) is 13.8 Å². The van der Waals surface area contributed by atoms with Crippen molar-refractivity contribution in [2.45, 2.75) is 46.2 Å². The van der Waals surface area contributed by atoms with E-state index < -0.39 is 34.7 Å². The van der Waals surface area contributed by atoms with Gasteiger partial charge in [0, 0.05) is 23.1 Å². The van der Waals surface area contributed by atoms with Crippen molar-refractivity contribution < 1.29 is 27.5 Å². The van der Waals surface area contributed by atoms with Crippen LogP contribution in [0.4, 0.5) is 23.7 Å². The predicted octanol–water partition coefficient (Wildman–Crippen LogP) is 4.08. The summed E-state index contributed by atoms with van der Waals surface area (Å²) >= 11 is 0. The Balaban J connectivity index is 2.30. The molecule has 5 N–H and O–H groups in total. The van der Waals surface area contributed by atoms with E-state index in [9.17, 15) is 27.6 Å². The number of halogens is 3. The third-order valence-corrected chi connectivity index (χ3v) is 5.57. The van der Waals surface area contributed by atoms with Crippen LogP contribution in [0.15, 0.2) is 56.6 Å². The largest absolute Gasteiger partial charge is 0.488 e. The fourth-order valence-electron chi connectivity index (χ4n) is 3.25. The number of benzene rings is 1. The Morgan fingerprint density at radius 1 is 1.16 bits per heavy atom. The monoisotopic (exact) mass is 534 g/mol. The van der Waals surface area contributed by atoms with Crippen LogP contribution in [-0.2, 0) is 16.4 Å². The summed E-state index contributed by atoms with van der Waals surface area (Å²) in [5.41, 5.74) is 2.68. The number of allylic oxidation sites excluding steroid dienone is 2. The van der Waals surface area contributed by atoms with Crippen molar-refractivity contribution >= 4 is 30.2 Å². The number of H-pyrrole nitrogens is 1. The van der Waals surface area contributed by atoms with Crippen LogP contribution in [-0.4, -0.2) is 36.1 Å². The lowest BCUT2D eigenvalue weighted by Gasteiger charge is -2.26. The Morgan fingerprint density at radius 2 is 1.82 bits per heavy atom. The van der Waals surface area contributed by atoms with Crippen molar-refractivity contribution in [2.24, 2.45) is 15.7 Å². The van der Waals surface area contributed by atoms with Crippen molar-refractivity contribution in [3.63, 3.8) is 0 Å². The van der Waals surface area contributed by atoms with E-state index in [1.165, 1.54) is 39.1 Å². The molecule has 0 aliphatic rings. The van der Waals surface area contributed by atoms with Gasteiger partial charge in [-0.25, -0.2) is 14.8 Å². The van der Waals surface area contributed by atoms with Gasteiger partial charge in [0.1, 0.15) is 0 Å². The molecule has 1 aromatic heterocycles. The van der Waals surface area contributed by atoms with Crippen molar-refractivity contribution in [3.05, 3.63) is 68.9 Å². The Kier molecular flexibility index (Phi) is 9.22. The first-order valence-electron chi connectivity index (χ1n) is 11.3. The highest BCUT2D eigenvalue weighted by Gasteiger charge is 2.40. The number of amides is 3. The molecule has 0 fully saturated rings. The number of nitrogens with zero attached hydrogens (tertiary/aromatic N) is 2. The highest BCUT2D eigenvalue weighted by atomic mass is 19.4. The lowest BCUT2D eigenvalue weighted by molar-refractivity contribution is -0.139. The molecule has 0 radical (unpaired) electrons. The number of anilines is 1. The number of hydrogen-bond donors (Lipinski definition) is 4. The van der Waals surface area contributed by atoms with E-state index in [0.717, 1.165) is 12.1 Å². The molecule has 0 spiro atoms.